The molecular weight excluding hydrogens is 348 g/mol. The summed E-state index contributed by atoms with van der Waals surface area (Å²) in [5.74, 6) is -0.901. The molecule has 2 N–H and O–H groups in total. The van der Waals surface area contributed by atoms with Crippen molar-refractivity contribution >= 4 is 11.9 Å². The smallest absolute Gasteiger partial charge is 0.329 e. The Morgan fingerprint density at radius 3 is 2.44 bits per heavy atom. The van der Waals surface area contributed by atoms with E-state index in [0.717, 1.165) is 11.4 Å². The molecule has 1 amide bonds. The fourth-order valence-corrected chi connectivity index (χ4v) is 2.75. The van der Waals surface area contributed by atoms with E-state index in [1.807, 2.05) is 45.0 Å². The highest BCUT2D eigenvalue weighted by Crippen LogP contribution is 2.19. The molecule has 1 atom stereocenters. The lowest BCUT2D eigenvalue weighted by Gasteiger charge is -2.25. The number of amides is 1. The van der Waals surface area contributed by atoms with E-state index in [4.69, 9.17) is 4.74 Å². The summed E-state index contributed by atoms with van der Waals surface area (Å²) in [5.41, 5.74) is -0.00204. The third-order valence-electron chi connectivity index (χ3n) is 4.17. The molecule has 0 fully saturated rings. The molecule has 0 spiro atoms. The van der Waals surface area contributed by atoms with E-state index in [1.165, 1.54) is 11.6 Å². The summed E-state index contributed by atoms with van der Waals surface area (Å²) in [7, 11) is 0. The molecule has 27 heavy (non-hydrogen) atoms. The van der Waals surface area contributed by atoms with E-state index >= 15 is 0 Å². The van der Waals surface area contributed by atoms with Gasteiger partial charge in [-0.2, -0.15) is 0 Å². The van der Waals surface area contributed by atoms with Crippen molar-refractivity contribution < 1.29 is 19.4 Å². The zero-order valence-corrected chi connectivity index (χ0v) is 16.3. The van der Waals surface area contributed by atoms with Crippen LogP contribution < -0.4 is 10.1 Å². The van der Waals surface area contributed by atoms with Crippen molar-refractivity contribution in [2.24, 2.45) is 0 Å². The molecule has 8 heteroatoms. The molecule has 0 aliphatic heterocycles. The molecule has 0 saturated heterocycles. The number of carbonyl (C=O) groups is 2. The number of carbonyl (C=O) groups excluding carboxylic acids is 1. The Morgan fingerprint density at radius 2 is 1.93 bits per heavy atom. The van der Waals surface area contributed by atoms with Gasteiger partial charge in [0, 0.05) is 0 Å². The van der Waals surface area contributed by atoms with E-state index in [1.54, 1.807) is 6.92 Å². The maximum Gasteiger partial charge on any atom is 0.329 e. The standard InChI is InChI=1S/C19H26N4O4/c1-6-11-19(5,18(25)26)20-17(24)16-13(4)23(22-21-16)14-7-9-15(10-8-14)27-12(2)3/h7-10,12H,6,11H2,1-5H3,(H,20,24)(H,25,26). The first-order valence-corrected chi connectivity index (χ1v) is 8.93. The van der Waals surface area contributed by atoms with Crippen LogP contribution in [-0.4, -0.2) is 43.6 Å². The van der Waals surface area contributed by atoms with E-state index < -0.39 is 17.4 Å². The molecule has 1 heterocycles. The SMILES string of the molecule is CCCC(C)(NC(=O)c1nnn(-c2ccc(OC(C)C)cc2)c1C)C(=O)O. The summed E-state index contributed by atoms with van der Waals surface area (Å²) >= 11 is 0. The highest BCUT2D eigenvalue weighted by molar-refractivity contribution is 5.97. The van der Waals surface area contributed by atoms with Crippen LogP contribution in [0.15, 0.2) is 24.3 Å². The van der Waals surface area contributed by atoms with Crippen LogP contribution in [-0.2, 0) is 4.79 Å². The highest BCUT2D eigenvalue weighted by atomic mass is 16.5. The predicted octanol–water partition coefficient (Wildman–Crippen LogP) is 2.74. The van der Waals surface area contributed by atoms with Crippen LogP contribution >= 0.6 is 0 Å². The van der Waals surface area contributed by atoms with Gasteiger partial charge < -0.3 is 15.2 Å². The molecule has 146 valence electrons. The van der Waals surface area contributed by atoms with Gasteiger partial charge in [0.05, 0.1) is 17.5 Å². The molecule has 2 aromatic rings. The van der Waals surface area contributed by atoms with Crippen LogP contribution in [0.2, 0.25) is 0 Å². The number of carboxylic acid groups (broad SMARTS) is 1. The Balaban J connectivity index is 2.23. The molecule has 1 aromatic heterocycles. The van der Waals surface area contributed by atoms with E-state index in [0.29, 0.717) is 18.5 Å². The second-order valence-corrected chi connectivity index (χ2v) is 6.94. The van der Waals surface area contributed by atoms with Crippen LogP contribution in [0.1, 0.15) is 56.7 Å². The number of rotatable bonds is 8. The number of carboxylic acids is 1. The Labute approximate surface area is 158 Å². The lowest BCUT2D eigenvalue weighted by atomic mass is 9.96. The monoisotopic (exact) mass is 374 g/mol. The first-order chi connectivity index (χ1) is 12.7. The van der Waals surface area contributed by atoms with E-state index in [2.05, 4.69) is 15.6 Å². The van der Waals surface area contributed by atoms with Gasteiger partial charge in [0.1, 0.15) is 11.3 Å². The minimum Gasteiger partial charge on any atom is -0.491 e. The molecule has 0 bridgehead atoms. The molecular formula is C19H26N4O4. The predicted molar refractivity (Wildman–Crippen MR) is 100 cm³/mol. The normalized spacial score (nSPS) is 13.3. The van der Waals surface area contributed by atoms with Crippen LogP contribution in [0.25, 0.3) is 5.69 Å². The zero-order valence-electron chi connectivity index (χ0n) is 16.3. The van der Waals surface area contributed by atoms with Gasteiger partial charge in [-0.05, 0) is 58.4 Å². The van der Waals surface area contributed by atoms with Gasteiger partial charge >= 0.3 is 5.97 Å². The molecule has 0 radical (unpaired) electrons. The summed E-state index contributed by atoms with van der Waals surface area (Å²) in [6, 6.07) is 7.27. The van der Waals surface area contributed by atoms with E-state index in [9.17, 15) is 14.7 Å². The summed E-state index contributed by atoms with van der Waals surface area (Å²) in [5, 5.41) is 20.0. The first-order valence-electron chi connectivity index (χ1n) is 8.93. The van der Waals surface area contributed by atoms with Gasteiger partial charge in [-0.1, -0.05) is 18.6 Å². The van der Waals surface area contributed by atoms with Crippen molar-refractivity contribution in [2.75, 3.05) is 0 Å². The number of hydrogen-bond acceptors (Lipinski definition) is 5. The fourth-order valence-electron chi connectivity index (χ4n) is 2.75. The Kier molecular flexibility index (Phi) is 6.20. The number of benzene rings is 1. The van der Waals surface area contributed by atoms with Gasteiger partial charge in [-0.25, -0.2) is 9.48 Å². The molecule has 0 saturated carbocycles. The van der Waals surface area contributed by atoms with Crippen molar-refractivity contribution in [3.05, 3.63) is 35.7 Å². The third-order valence-corrected chi connectivity index (χ3v) is 4.17. The summed E-state index contributed by atoms with van der Waals surface area (Å²) in [4.78, 5) is 24.1. The summed E-state index contributed by atoms with van der Waals surface area (Å²) in [6.45, 7) is 8.96. The molecule has 0 aliphatic carbocycles. The van der Waals surface area contributed by atoms with Gasteiger partial charge in [0.25, 0.3) is 5.91 Å². The molecule has 0 aliphatic rings. The van der Waals surface area contributed by atoms with Crippen molar-refractivity contribution in [3.63, 3.8) is 0 Å². The van der Waals surface area contributed by atoms with Crippen LogP contribution in [0, 0.1) is 6.92 Å². The topological polar surface area (TPSA) is 106 Å². The van der Waals surface area contributed by atoms with Crippen LogP contribution in [0.4, 0.5) is 0 Å². The average Bonchev–Trinajstić information content (AvgIpc) is 2.96. The first kappa shape index (κ1) is 20.4. The summed E-state index contributed by atoms with van der Waals surface area (Å²) < 4.78 is 7.15. The Bertz CT molecular complexity index is 814. The lowest BCUT2D eigenvalue weighted by molar-refractivity contribution is -0.144. The number of ether oxygens (including phenoxy) is 1. The van der Waals surface area contributed by atoms with Gasteiger partial charge in [0.2, 0.25) is 0 Å². The second-order valence-electron chi connectivity index (χ2n) is 6.94. The number of aliphatic carboxylic acids is 1. The molecule has 2 rings (SSSR count). The fraction of sp³-hybridized carbons (Fsp3) is 0.474. The third kappa shape index (κ3) is 4.64. The second kappa shape index (κ2) is 8.20. The quantitative estimate of drug-likeness (QED) is 0.736. The minimum absolute atomic E-state index is 0.0749. The molecule has 8 nitrogen and oxygen atoms in total. The zero-order chi connectivity index (χ0) is 20.2. The van der Waals surface area contributed by atoms with E-state index in [-0.39, 0.29) is 11.8 Å². The average molecular weight is 374 g/mol. The lowest BCUT2D eigenvalue weighted by Crippen LogP contribution is -2.52. The van der Waals surface area contributed by atoms with Crippen molar-refractivity contribution in [1.29, 1.82) is 0 Å². The van der Waals surface area contributed by atoms with Gasteiger partial charge in [-0.15, -0.1) is 5.10 Å². The Morgan fingerprint density at radius 1 is 1.30 bits per heavy atom. The number of nitrogens with zero attached hydrogens (tertiary/aromatic N) is 3. The highest BCUT2D eigenvalue weighted by Gasteiger charge is 2.35. The number of aromatic nitrogens is 3. The van der Waals surface area contributed by atoms with Crippen LogP contribution in [0.3, 0.4) is 0 Å². The van der Waals surface area contributed by atoms with Crippen molar-refractivity contribution in [2.45, 2.75) is 59.1 Å². The largest absolute Gasteiger partial charge is 0.491 e. The molecule has 1 aromatic carbocycles. The van der Waals surface area contributed by atoms with Gasteiger partial charge in [-0.3, -0.25) is 4.79 Å². The Hall–Kier alpha value is -2.90. The van der Waals surface area contributed by atoms with Crippen molar-refractivity contribution in [3.8, 4) is 11.4 Å². The minimum atomic E-state index is -1.35. The van der Waals surface area contributed by atoms with Crippen LogP contribution in [0.5, 0.6) is 5.75 Å². The molecule has 1 unspecified atom stereocenters. The maximum atomic E-state index is 12.6. The number of nitrogens with one attached hydrogen (secondary N) is 1. The summed E-state index contributed by atoms with van der Waals surface area (Å²) in [6.07, 6.45) is 1.02. The maximum absolute atomic E-state index is 12.6. The number of hydrogen-bond donors (Lipinski definition) is 2. The van der Waals surface area contributed by atoms with Crippen molar-refractivity contribution in [1.82, 2.24) is 20.3 Å². The van der Waals surface area contributed by atoms with Gasteiger partial charge in [0.15, 0.2) is 5.69 Å².